The van der Waals surface area contributed by atoms with Crippen LogP contribution < -0.4 is 0 Å². The lowest BCUT2D eigenvalue weighted by atomic mass is 10.0. The molecule has 4 nitrogen and oxygen atoms in total. The second-order valence-corrected chi connectivity index (χ2v) is 8.28. The number of aliphatic imine (C=N–C) groups is 1. The predicted octanol–water partition coefficient (Wildman–Crippen LogP) is 6.26. The first-order valence-electron chi connectivity index (χ1n) is 8.75. The summed E-state index contributed by atoms with van der Waals surface area (Å²) in [6.07, 6.45) is 0. The van der Waals surface area contributed by atoms with Crippen LogP contribution in [0.5, 0.6) is 0 Å². The number of halogens is 2. The SMILES string of the molecule is CON(C)C(=O)c1ccc2c(c1)N=C(c1ccc(Cl)cc1Cl)c1ccccc1S2. The third-order valence-electron chi connectivity index (χ3n) is 4.55. The average molecular weight is 443 g/mol. The van der Waals surface area contributed by atoms with Crippen LogP contribution in [0.1, 0.15) is 21.5 Å². The maximum absolute atomic E-state index is 12.5. The third kappa shape index (κ3) is 3.91. The lowest BCUT2D eigenvalue weighted by Crippen LogP contribution is -2.25. The van der Waals surface area contributed by atoms with Crippen molar-refractivity contribution >= 4 is 52.3 Å². The quantitative estimate of drug-likeness (QED) is 0.351. The maximum Gasteiger partial charge on any atom is 0.277 e. The fourth-order valence-electron chi connectivity index (χ4n) is 3.03. The van der Waals surface area contributed by atoms with E-state index in [1.165, 1.54) is 12.2 Å². The highest BCUT2D eigenvalue weighted by Crippen LogP contribution is 2.42. The molecule has 1 aliphatic rings. The van der Waals surface area contributed by atoms with Crippen LogP contribution in [0.4, 0.5) is 5.69 Å². The number of nitrogens with zero attached hydrogens (tertiary/aromatic N) is 2. The molecule has 3 aromatic rings. The van der Waals surface area contributed by atoms with Gasteiger partial charge in [0.2, 0.25) is 0 Å². The molecule has 1 heterocycles. The summed E-state index contributed by atoms with van der Waals surface area (Å²) in [6, 6.07) is 18.8. The standard InChI is InChI=1S/C22H16Cl2N2O2S/c1-26(28-2)22(27)13-7-10-20-18(11-13)25-21(15-9-8-14(23)12-17(15)24)16-5-3-4-6-19(16)29-20/h3-12H,1-2H3. The van der Waals surface area contributed by atoms with Crippen molar-refractivity contribution < 1.29 is 9.63 Å². The van der Waals surface area contributed by atoms with Gasteiger partial charge in [-0.3, -0.25) is 9.63 Å². The van der Waals surface area contributed by atoms with Gasteiger partial charge < -0.3 is 0 Å². The number of rotatable bonds is 3. The van der Waals surface area contributed by atoms with E-state index in [1.54, 1.807) is 43.1 Å². The Kier molecular flexibility index (Phi) is 5.65. The maximum atomic E-state index is 12.5. The Labute approximate surface area is 183 Å². The number of hydrogen-bond donors (Lipinski definition) is 0. The summed E-state index contributed by atoms with van der Waals surface area (Å²) < 4.78 is 0. The molecule has 0 unspecified atom stereocenters. The Bertz CT molecular complexity index is 1150. The zero-order valence-electron chi connectivity index (χ0n) is 15.6. The van der Waals surface area contributed by atoms with Crippen molar-refractivity contribution in [2.75, 3.05) is 14.2 Å². The Morgan fingerprint density at radius 3 is 2.55 bits per heavy atom. The Balaban J connectivity index is 1.92. The van der Waals surface area contributed by atoms with Gasteiger partial charge in [-0.2, -0.15) is 0 Å². The van der Waals surface area contributed by atoms with Crippen LogP contribution >= 0.6 is 35.0 Å². The monoisotopic (exact) mass is 442 g/mol. The summed E-state index contributed by atoms with van der Waals surface area (Å²) in [7, 11) is 3.02. The number of benzene rings is 3. The predicted molar refractivity (Wildman–Crippen MR) is 118 cm³/mol. The van der Waals surface area contributed by atoms with Crippen LogP contribution in [0.25, 0.3) is 0 Å². The Morgan fingerprint density at radius 2 is 1.79 bits per heavy atom. The fourth-order valence-corrected chi connectivity index (χ4v) is 4.53. The van der Waals surface area contributed by atoms with Crippen molar-refractivity contribution in [1.82, 2.24) is 5.06 Å². The van der Waals surface area contributed by atoms with Crippen LogP contribution in [0.3, 0.4) is 0 Å². The summed E-state index contributed by atoms with van der Waals surface area (Å²) in [5.74, 6) is -0.247. The van der Waals surface area contributed by atoms with Gasteiger partial charge in [0.25, 0.3) is 5.91 Å². The minimum atomic E-state index is -0.247. The van der Waals surface area contributed by atoms with Gasteiger partial charge in [-0.1, -0.05) is 53.2 Å². The average Bonchev–Trinajstić information content (AvgIpc) is 2.88. The highest BCUT2D eigenvalue weighted by atomic mass is 35.5. The normalized spacial score (nSPS) is 12.5. The molecule has 0 radical (unpaired) electrons. The number of fused-ring (bicyclic) bond motifs is 2. The van der Waals surface area contributed by atoms with E-state index in [2.05, 4.69) is 0 Å². The van der Waals surface area contributed by atoms with Gasteiger partial charge in [0, 0.05) is 38.6 Å². The highest BCUT2D eigenvalue weighted by Gasteiger charge is 2.22. The van der Waals surface area contributed by atoms with E-state index in [0.29, 0.717) is 21.3 Å². The molecule has 0 spiro atoms. The van der Waals surface area contributed by atoms with E-state index in [-0.39, 0.29) is 5.91 Å². The molecule has 0 atom stereocenters. The first kappa shape index (κ1) is 20.0. The number of hydrogen-bond acceptors (Lipinski definition) is 4. The van der Waals surface area contributed by atoms with Crippen molar-refractivity contribution in [3.05, 3.63) is 87.4 Å². The first-order valence-corrected chi connectivity index (χ1v) is 10.3. The zero-order chi connectivity index (χ0) is 20.5. The van der Waals surface area contributed by atoms with Crippen LogP contribution in [0.2, 0.25) is 10.0 Å². The topological polar surface area (TPSA) is 41.9 Å². The summed E-state index contributed by atoms with van der Waals surface area (Å²) in [4.78, 5) is 24.5. The van der Waals surface area contributed by atoms with E-state index >= 15 is 0 Å². The molecule has 0 fully saturated rings. The van der Waals surface area contributed by atoms with E-state index in [0.717, 1.165) is 26.6 Å². The minimum absolute atomic E-state index is 0.247. The van der Waals surface area contributed by atoms with Crippen molar-refractivity contribution in [3.63, 3.8) is 0 Å². The zero-order valence-corrected chi connectivity index (χ0v) is 18.0. The molecule has 3 aromatic carbocycles. The molecule has 1 amide bonds. The second-order valence-electron chi connectivity index (χ2n) is 6.35. The van der Waals surface area contributed by atoms with Crippen molar-refractivity contribution in [1.29, 1.82) is 0 Å². The summed E-state index contributed by atoms with van der Waals surface area (Å²) in [5, 5.41) is 2.26. The van der Waals surface area contributed by atoms with Crippen LogP contribution in [0, 0.1) is 0 Å². The van der Waals surface area contributed by atoms with Gasteiger partial charge in [-0.05, 0) is 42.5 Å². The number of carbonyl (C=O) groups is 1. The van der Waals surface area contributed by atoms with Crippen LogP contribution in [-0.2, 0) is 4.84 Å². The molecule has 4 rings (SSSR count). The molecule has 0 N–H and O–H groups in total. The smallest absolute Gasteiger partial charge is 0.274 e. The lowest BCUT2D eigenvalue weighted by Gasteiger charge is -2.14. The minimum Gasteiger partial charge on any atom is -0.274 e. The summed E-state index contributed by atoms with van der Waals surface area (Å²) >= 11 is 14.2. The van der Waals surface area contributed by atoms with Gasteiger partial charge in [0.1, 0.15) is 0 Å². The lowest BCUT2D eigenvalue weighted by molar-refractivity contribution is -0.0756. The molecule has 29 heavy (non-hydrogen) atoms. The molecule has 1 aliphatic heterocycles. The van der Waals surface area contributed by atoms with Gasteiger partial charge >= 0.3 is 0 Å². The molecular weight excluding hydrogens is 427 g/mol. The first-order chi connectivity index (χ1) is 14.0. The van der Waals surface area contributed by atoms with Crippen molar-refractivity contribution in [2.24, 2.45) is 4.99 Å². The fraction of sp³-hybridized carbons (Fsp3) is 0.0909. The number of hydroxylamine groups is 2. The molecule has 0 saturated carbocycles. The number of carbonyl (C=O) groups excluding carboxylic acids is 1. The molecule has 0 aromatic heterocycles. The third-order valence-corrected chi connectivity index (χ3v) is 6.24. The molecule has 7 heteroatoms. The molecule has 0 aliphatic carbocycles. The summed E-state index contributed by atoms with van der Waals surface area (Å²) in [5.41, 5.74) is 3.67. The molecule has 146 valence electrons. The molecule has 0 saturated heterocycles. The second kappa shape index (κ2) is 8.20. The van der Waals surface area contributed by atoms with Gasteiger partial charge in [0.05, 0.1) is 23.5 Å². The largest absolute Gasteiger partial charge is 0.277 e. The molecule has 0 bridgehead atoms. The highest BCUT2D eigenvalue weighted by molar-refractivity contribution is 7.99. The molecular formula is C22H16Cl2N2O2S. The van der Waals surface area contributed by atoms with Crippen molar-refractivity contribution in [2.45, 2.75) is 9.79 Å². The van der Waals surface area contributed by atoms with Crippen LogP contribution in [0.15, 0.2) is 75.4 Å². The van der Waals surface area contributed by atoms with Gasteiger partial charge in [0.15, 0.2) is 0 Å². The number of amides is 1. The van der Waals surface area contributed by atoms with E-state index < -0.39 is 0 Å². The Morgan fingerprint density at radius 1 is 1.00 bits per heavy atom. The van der Waals surface area contributed by atoms with E-state index in [9.17, 15) is 4.79 Å². The summed E-state index contributed by atoms with van der Waals surface area (Å²) in [6.45, 7) is 0. The van der Waals surface area contributed by atoms with Crippen LogP contribution in [-0.4, -0.2) is 30.8 Å². The van der Waals surface area contributed by atoms with E-state index in [1.807, 2.05) is 36.4 Å². The van der Waals surface area contributed by atoms with Crippen molar-refractivity contribution in [3.8, 4) is 0 Å². The van der Waals surface area contributed by atoms with E-state index in [4.69, 9.17) is 33.0 Å². The van der Waals surface area contributed by atoms with Gasteiger partial charge in [-0.25, -0.2) is 10.1 Å². The van der Waals surface area contributed by atoms with Gasteiger partial charge in [-0.15, -0.1) is 0 Å². The Hall–Kier alpha value is -2.31.